The van der Waals surface area contributed by atoms with E-state index < -0.39 is 17.5 Å². The van der Waals surface area contributed by atoms with E-state index in [0.717, 1.165) is 18.9 Å². The maximum Gasteiger partial charge on any atom is 0.256 e. The fourth-order valence-electron chi connectivity index (χ4n) is 3.76. The van der Waals surface area contributed by atoms with E-state index in [0.29, 0.717) is 38.8 Å². The Kier molecular flexibility index (Phi) is 5.32. The first-order valence-corrected chi connectivity index (χ1v) is 8.58. The average Bonchev–Trinajstić information content (AvgIpc) is 3.04. The van der Waals surface area contributed by atoms with E-state index in [-0.39, 0.29) is 23.6 Å². The van der Waals surface area contributed by atoms with Crippen molar-refractivity contribution in [2.75, 3.05) is 26.3 Å². The van der Waals surface area contributed by atoms with E-state index in [1.54, 1.807) is 6.92 Å². The molecule has 25 heavy (non-hydrogen) atoms. The molecule has 2 heterocycles. The molecule has 3 rings (SSSR count). The molecular weight excluding hydrogens is 330 g/mol. The van der Waals surface area contributed by atoms with Crippen LogP contribution in [0.2, 0.25) is 0 Å². The topological polar surface area (TPSA) is 49.9 Å². The SMILES string of the molecule is CC(=O)N(C1CCOCC1)C1CCN(C(=O)c2ccc(F)cc2F)C1. The molecule has 5 nitrogen and oxygen atoms in total. The Labute approximate surface area is 145 Å². The zero-order valence-electron chi connectivity index (χ0n) is 14.2. The van der Waals surface area contributed by atoms with Crippen molar-refractivity contribution >= 4 is 11.8 Å². The van der Waals surface area contributed by atoms with Crippen LogP contribution in [0.15, 0.2) is 18.2 Å². The van der Waals surface area contributed by atoms with Crippen molar-refractivity contribution in [3.05, 3.63) is 35.4 Å². The number of nitrogens with zero attached hydrogens (tertiary/aromatic N) is 2. The highest BCUT2D eigenvalue weighted by atomic mass is 19.1. The van der Waals surface area contributed by atoms with Gasteiger partial charge in [-0.3, -0.25) is 9.59 Å². The molecule has 1 aromatic rings. The minimum Gasteiger partial charge on any atom is -0.381 e. The number of carbonyl (C=O) groups is 2. The molecule has 1 unspecified atom stereocenters. The summed E-state index contributed by atoms with van der Waals surface area (Å²) in [5, 5.41) is 0. The van der Waals surface area contributed by atoms with Gasteiger partial charge in [0.15, 0.2) is 0 Å². The summed E-state index contributed by atoms with van der Waals surface area (Å²) in [5.41, 5.74) is -0.137. The minimum absolute atomic E-state index is 0.0147. The largest absolute Gasteiger partial charge is 0.381 e. The maximum absolute atomic E-state index is 13.9. The van der Waals surface area contributed by atoms with Gasteiger partial charge in [-0.2, -0.15) is 0 Å². The molecule has 1 atom stereocenters. The van der Waals surface area contributed by atoms with Crippen LogP contribution in [0.5, 0.6) is 0 Å². The summed E-state index contributed by atoms with van der Waals surface area (Å²) in [4.78, 5) is 28.1. The van der Waals surface area contributed by atoms with Gasteiger partial charge in [-0.05, 0) is 31.4 Å². The van der Waals surface area contributed by atoms with E-state index in [4.69, 9.17) is 4.74 Å². The van der Waals surface area contributed by atoms with Crippen LogP contribution in [-0.2, 0) is 9.53 Å². The number of hydrogen-bond donors (Lipinski definition) is 0. The zero-order valence-corrected chi connectivity index (χ0v) is 14.2. The summed E-state index contributed by atoms with van der Waals surface area (Å²) in [6.45, 7) is 3.62. The molecule has 0 aliphatic carbocycles. The van der Waals surface area contributed by atoms with Crippen molar-refractivity contribution in [2.45, 2.75) is 38.3 Å². The highest BCUT2D eigenvalue weighted by Crippen LogP contribution is 2.25. The predicted molar refractivity (Wildman–Crippen MR) is 87.0 cm³/mol. The van der Waals surface area contributed by atoms with Gasteiger partial charge >= 0.3 is 0 Å². The summed E-state index contributed by atoms with van der Waals surface area (Å²) in [5.74, 6) is -2.05. The molecule has 1 aromatic carbocycles. The number of carbonyl (C=O) groups excluding carboxylic acids is 2. The number of hydrogen-bond acceptors (Lipinski definition) is 3. The molecule has 0 bridgehead atoms. The Morgan fingerprint density at radius 2 is 1.88 bits per heavy atom. The second kappa shape index (κ2) is 7.47. The summed E-state index contributed by atoms with van der Waals surface area (Å²) in [6.07, 6.45) is 2.23. The van der Waals surface area contributed by atoms with Crippen LogP contribution in [-0.4, -0.2) is 60.0 Å². The first-order valence-electron chi connectivity index (χ1n) is 8.58. The third kappa shape index (κ3) is 3.81. The van der Waals surface area contributed by atoms with Crippen LogP contribution in [0.3, 0.4) is 0 Å². The molecule has 0 aromatic heterocycles. The lowest BCUT2D eigenvalue weighted by Gasteiger charge is -2.37. The van der Waals surface area contributed by atoms with Crippen LogP contribution in [0.1, 0.15) is 36.5 Å². The van der Waals surface area contributed by atoms with Gasteiger partial charge in [-0.15, -0.1) is 0 Å². The molecule has 2 aliphatic heterocycles. The Morgan fingerprint density at radius 3 is 2.52 bits per heavy atom. The molecule has 0 N–H and O–H groups in total. The third-order valence-electron chi connectivity index (χ3n) is 4.95. The second-order valence-corrected chi connectivity index (χ2v) is 6.59. The predicted octanol–water partition coefficient (Wildman–Crippen LogP) is 2.21. The number of halogens is 2. The molecule has 2 saturated heterocycles. The van der Waals surface area contributed by atoms with Crippen LogP contribution < -0.4 is 0 Å². The van der Waals surface area contributed by atoms with E-state index in [2.05, 4.69) is 0 Å². The van der Waals surface area contributed by atoms with E-state index in [1.165, 1.54) is 11.0 Å². The molecule has 2 aliphatic rings. The fraction of sp³-hybridized carbons (Fsp3) is 0.556. The van der Waals surface area contributed by atoms with Crippen LogP contribution >= 0.6 is 0 Å². The summed E-state index contributed by atoms with van der Waals surface area (Å²) in [7, 11) is 0. The van der Waals surface area contributed by atoms with E-state index in [1.807, 2.05) is 4.90 Å². The third-order valence-corrected chi connectivity index (χ3v) is 4.95. The highest BCUT2D eigenvalue weighted by Gasteiger charge is 2.36. The molecule has 7 heteroatoms. The van der Waals surface area contributed by atoms with Gasteiger partial charge in [0.1, 0.15) is 11.6 Å². The van der Waals surface area contributed by atoms with Crippen molar-refractivity contribution in [1.29, 1.82) is 0 Å². The lowest BCUT2D eigenvalue weighted by molar-refractivity contribution is -0.135. The smallest absolute Gasteiger partial charge is 0.256 e. The summed E-state index contributed by atoms with van der Waals surface area (Å²) >= 11 is 0. The fourth-order valence-corrected chi connectivity index (χ4v) is 3.76. The molecule has 136 valence electrons. The van der Waals surface area contributed by atoms with E-state index in [9.17, 15) is 18.4 Å². The van der Waals surface area contributed by atoms with Crippen molar-refractivity contribution in [2.24, 2.45) is 0 Å². The van der Waals surface area contributed by atoms with Gasteiger partial charge in [0.2, 0.25) is 5.91 Å². The summed E-state index contributed by atoms with van der Waals surface area (Å²) in [6, 6.07) is 3.00. The Morgan fingerprint density at radius 1 is 1.16 bits per heavy atom. The lowest BCUT2D eigenvalue weighted by atomic mass is 10.0. The molecule has 2 fully saturated rings. The average molecular weight is 352 g/mol. The lowest BCUT2D eigenvalue weighted by Crippen LogP contribution is -2.49. The maximum atomic E-state index is 13.9. The zero-order chi connectivity index (χ0) is 18.0. The van der Waals surface area contributed by atoms with Gasteiger partial charge in [0.25, 0.3) is 5.91 Å². The minimum atomic E-state index is -0.860. The highest BCUT2D eigenvalue weighted by molar-refractivity contribution is 5.94. The Bertz CT molecular complexity index is 662. The number of rotatable bonds is 3. The Hall–Kier alpha value is -2.02. The first kappa shape index (κ1) is 17.8. The normalized spacial score (nSPS) is 21.4. The van der Waals surface area contributed by atoms with Gasteiger partial charge in [0.05, 0.1) is 11.6 Å². The van der Waals surface area contributed by atoms with Gasteiger partial charge < -0.3 is 14.5 Å². The number of ether oxygens (including phenoxy) is 1. The molecule has 0 saturated carbocycles. The van der Waals surface area contributed by atoms with Gasteiger partial charge in [-0.1, -0.05) is 0 Å². The van der Waals surface area contributed by atoms with Gasteiger partial charge in [-0.25, -0.2) is 8.78 Å². The van der Waals surface area contributed by atoms with Crippen molar-refractivity contribution in [1.82, 2.24) is 9.80 Å². The summed E-state index contributed by atoms with van der Waals surface area (Å²) < 4.78 is 32.3. The number of likely N-dealkylation sites (tertiary alicyclic amines) is 1. The number of amides is 2. The van der Waals surface area contributed by atoms with Gasteiger partial charge in [0, 0.05) is 45.3 Å². The van der Waals surface area contributed by atoms with E-state index >= 15 is 0 Å². The standard InChI is InChI=1S/C18H22F2N2O3/c1-12(23)22(14-5-8-25-9-6-14)15-4-7-21(11-15)18(24)16-3-2-13(19)10-17(16)20/h2-3,10,14-15H,4-9,11H2,1H3. The first-order chi connectivity index (χ1) is 12.0. The van der Waals surface area contributed by atoms with Crippen LogP contribution in [0.4, 0.5) is 8.78 Å². The molecule has 2 amide bonds. The van der Waals surface area contributed by atoms with Crippen molar-refractivity contribution in [3.8, 4) is 0 Å². The van der Waals surface area contributed by atoms with Crippen LogP contribution in [0.25, 0.3) is 0 Å². The second-order valence-electron chi connectivity index (χ2n) is 6.59. The number of benzene rings is 1. The molecule has 0 spiro atoms. The van der Waals surface area contributed by atoms with Crippen molar-refractivity contribution in [3.63, 3.8) is 0 Å². The monoisotopic (exact) mass is 352 g/mol. The Balaban J connectivity index is 1.71. The van der Waals surface area contributed by atoms with Crippen molar-refractivity contribution < 1.29 is 23.1 Å². The quantitative estimate of drug-likeness (QED) is 0.838. The van der Waals surface area contributed by atoms with Crippen LogP contribution in [0, 0.1) is 11.6 Å². The molecule has 0 radical (unpaired) electrons. The molecular formula is C18H22F2N2O3.